The van der Waals surface area contributed by atoms with Crippen LogP contribution in [-0.4, -0.2) is 23.4 Å². The fraction of sp³-hybridized carbons (Fsp3) is 0.278. The zero-order valence-electron chi connectivity index (χ0n) is 13.2. The Morgan fingerprint density at radius 2 is 1.68 bits per heavy atom. The molecule has 1 fully saturated rings. The van der Waals surface area contributed by atoms with Crippen LogP contribution in [0.25, 0.3) is 0 Å². The molecule has 0 atom stereocenters. The second-order valence-corrected chi connectivity index (χ2v) is 6.39. The van der Waals surface area contributed by atoms with Crippen molar-refractivity contribution in [2.75, 3.05) is 11.9 Å². The lowest BCUT2D eigenvalue weighted by molar-refractivity contribution is -0.117. The number of nitrogens with zero attached hydrogens (tertiary/aromatic N) is 1. The molecule has 1 amide bonds. The van der Waals surface area contributed by atoms with Crippen molar-refractivity contribution in [3.8, 4) is 0 Å². The smallest absolute Gasteiger partial charge is 0.238 e. The van der Waals surface area contributed by atoms with E-state index in [1.807, 2.05) is 0 Å². The van der Waals surface area contributed by atoms with Crippen molar-refractivity contribution in [3.05, 3.63) is 64.4 Å². The fourth-order valence-corrected chi connectivity index (χ4v) is 2.84. The largest absolute Gasteiger partial charge is 0.320 e. The number of anilines is 1. The molecule has 0 saturated heterocycles. The van der Waals surface area contributed by atoms with Crippen LogP contribution in [0.1, 0.15) is 18.4 Å². The monoisotopic (exact) mass is 368 g/mol. The molecule has 0 heterocycles. The summed E-state index contributed by atoms with van der Waals surface area (Å²) in [5, 5.41) is 2.53. The second-order valence-electron chi connectivity index (χ2n) is 5.98. The van der Waals surface area contributed by atoms with Crippen LogP contribution in [0.2, 0.25) is 5.02 Å². The number of halogens is 4. The minimum atomic E-state index is -0.844. The molecule has 0 radical (unpaired) electrons. The number of para-hydroxylation sites is 1. The molecular formula is C18H16ClF3N2O. The van der Waals surface area contributed by atoms with Crippen molar-refractivity contribution >= 4 is 23.2 Å². The quantitative estimate of drug-likeness (QED) is 0.821. The molecule has 1 aliphatic carbocycles. The van der Waals surface area contributed by atoms with Gasteiger partial charge in [-0.05, 0) is 37.1 Å². The van der Waals surface area contributed by atoms with Crippen LogP contribution in [0.3, 0.4) is 0 Å². The molecule has 0 unspecified atom stereocenters. The maximum atomic E-state index is 14.0. The Kier molecular flexibility index (Phi) is 5.30. The Labute approximate surface area is 148 Å². The summed E-state index contributed by atoms with van der Waals surface area (Å²) >= 11 is 6.04. The van der Waals surface area contributed by atoms with Crippen LogP contribution < -0.4 is 5.32 Å². The number of nitrogens with one attached hydrogen (secondary N) is 1. The van der Waals surface area contributed by atoms with Crippen LogP contribution in [0.5, 0.6) is 0 Å². The molecule has 7 heteroatoms. The highest BCUT2D eigenvalue weighted by atomic mass is 35.5. The molecule has 2 aromatic carbocycles. The van der Waals surface area contributed by atoms with E-state index in [1.54, 1.807) is 11.0 Å². The van der Waals surface area contributed by atoms with Gasteiger partial charge < -0.3 is 5.32 Å². The molecule has 132 valence electrons. The molecule has 0 bridgehead atoms. The lowest BCUT2D eigenvalue weighted by atomic mass is 10.2. The van der Waals surface area contributed by atoms with E-state index >= 15 is 0 Å². The molecule has 2 aromatic rings. The van der Waals surface area contributed by atoms with Gasteiger partial charge in [0.2, 0.25) is 5.91 Å². The molecule has 0 aromatic heterocycles. The Hall–Kier alpha value is -2.05. The van der Waals surface area contributed by atoms with E-state index < -0.39 is 29.0 Å². The lowest BCUT2D eigenvalue weighted by Crippen LogP contribution is -2.35. The zero-order chi connectivity index (χ0) is 18.0. The molecule has 3 nitrogen and oxygen atoms in total. The summed E-state index contributed by atoms with van der Waals surface area (Å²) in [6.07, 6.45) is 1.76. The van der Waals surface area contributed by atoms with Gasteiger partial charge in [-0.3, -0.25) is 9.69 Å². The number of carbonyl (C=O) groups is 1. The van der Waals surface area contributed by atoms with E-state index in [9.17, 15) is 18.0 Å². The van der Waals surface area contributed by atoms with Crippen molar-refractivity contribution in [1.82, 2.24) is 4.90 Å². The van der Waals surface area contributed by atoms with Gasteiger partial charge in [-0.2, -0.15) is 0 Å². The van der Waals surface area contributed by atoms with Gasteiger partial charge >= 0.3 is 0 Å². The zero-order valence-corrected chi connectivity index (χ0v) is 14.0. The average molecular weight is 369 g/mol. The number of amides is 1. The SMILES string of the molecule is O=C(CN(Cc1c(F)cccc1Cl)C1CC1)Nc1c(F)cccc1F. The van der Waals surface area contributed by atoms with Gasteiger partial charge in [0.15, 0.2) is 0 Å². The van der Waals surface area contributed by atoms with Gasteiger partial charge in [-0.1, -0.05) is 23.7 Å². The second kappa shape index (κ2) is 7.45. The maximum absolute atomic E-state index is 14.0. The van der Waals surface area contributed by atoms with Crippen molar-refractivity contribution < 1.29 is 18.0 Å². The summed E-state index contributed by atoms with van der Waals surface area (Å²) in [5.41, 5.74) is -0.173. The van der Waals surface area contributed by atoms with Crippen LogP contribution >= 0.6 is 11.6 Å². The number of hydrogen-bond donors (Lipinski definition) is 1. The lowest BCUT2D eigenvalue weighted by Gasteiger charge is -2.22. The molecule has 0 spiro atoms. The normalized spacial score (nSPS) is 14.0. The number of hydrogen-bond acceptors (Lipinski definition) is 2. The third kappa shape index (κ3) is 4.32. The van der Waals surface area contributed by atoms with Gasteiger partial charge in [0.05, 0.1) is 6.54 Å². The van der Waals surface area contributed by atoms with Crippen LogP contribution in [0.15, 0.2) is 36.4 Å². The molecule has 0 aliphatic heterocycles. The van der Waals surface area contributed by atoms with E-state index in [0.29, 0.717) is 5.56 Å². The van der Waals surface area contributed by atoms with Crippen LogP contribution in [0, 0.1) is 17.5 Å². The summed E-state index contributed by atoms with van der Waals surface area (Å²) in [6.45, 7) is 0.0481. The standard InChI is InChI=1S/C18H16ClF3N2O/c19-13-3-1-4-14(20)12(13)9-24(11-7-8-11)10-17(25)23-18-15(21)5-2-6-16(18)22/h1-6,11H,7-10H2,(H,23,25). The van der Waals surface area contributed by atoms with Gasteiger partial charge in [0.25, 0.3) is 0 Å². The Morgan fingerprint density at radius 1 is 1.08 bits per heavy atom. The van der Waals surface area contributed by atoms with E-state index in [-0.39, 0.29) is 24.2 Å². The van der Waals surface area contributed by atoms with Crippen LogP contribution in [0.4, 0.5) is 18.9 Å². The predicted molar refractivity (Wildman–Crippen MR) is 89.8 cm³/mol. The van der Waals surface area contributed by atoms with E-state index in [1.165, 1.54) is 18.2 Å². The van der Waals surface area contributed by atoms with Crippen molar-refractivity contribution in [2.24, 2.45) is 0 Å². The highest BCUT2D eigenvalue weighted by Gasteiger charge is 2.31. The minimum absolute atomic E-state index is 0.108. The van der Waals surface area contributed by atoms with Gasteiger partial charge in [0.1, 0.15) is 23.1 Å². The Morgan fingerprint density at radius 3 is 2.28 bits per heavy atom. The highest BCUT2D eigenvalue weighted by molar-refractivity contribution is 6.31. The summed E-state index contributed by atoms with van der Waals surface area (Å²) < 4.78 is 41.2. The molecule has 1 aliphatic rings. The molecule has 25 heavy (non-hydrogen) atoms. The Bertz CT molecular complexity index is 755. The summed E-state index contributed by atoms with van der Waals surface area (Å²) in [7, 11) is 0. The Balaban J connectivity index is 1.71. The first-order valence-corrected chi connectivity index (χ1v) is 8.24. The van der Waals surface area contributed by atoms with E-state index in [4.69, 9.17) is 11.6 Å². The first-order chi connectivity index (χ1) is 12.0. The number of benzene rings is 2. The highest BCUT2D eigenvalue weighted by Crippen LogP contribution is 2.30. The van der Waals surface area contributed by atoms with E-state index in [0.717, 1.165) is 25.0 Å². The summed E-state index contributed by atoms with van der Waals surface area (Å²) in [4.78, 5) is 14.0. The first-order valence-electron chi connectivity index (χ1n) is 7.86. The first kappa shape index (κ1) is 17.8. The minimum Gasteiger partial charge on any atom is -0.320 e. The van der Waals surface area contributed by atoms with Crippen molar-refractivity contribution in [1.29, 1.82) is 0 Å². The number of carbonyl (C=O) groups excluding carboxylic acids is 1. The van der Waals surface area contributed by atoms with Crippen molar-refractivity contribution in [3.63, 3.8) is 0 Å². The maximum Gasteiger partial charge on any atom is 0.238 e. The average Bonchev–Trinajstić information content (AvgIpc) is 3.38. The third-order valence-corrected chi connectivity index (χ3v) is 4.41. The van der Waals surface area contributed by atoms with Gasteiger partial charge in [-0.25, -0.2) is 13.2 Å². The van der Waals surface area contributed by atoms with Crippen LogP contribution in [-0.2, 0) is 11.3 Å². The fourth-order valence-electron chi connectivity index (χ4n) is 2.62. The molecule has 1 N–H and O–H groups in total. The summed E-state index contributed by atoms with van der Waals surface area (Å²) in [6, 6.07) is 7.88. The predicted octanol–water partition coefficient (Wildman–Crippen LogP) is 4.36. The van der Waals surface area contributed by atoms with Gasteiger partial charge in [-0.15, -0.1) is 0 Å². The topological polar surface area (TPSA) is 32.3 Å². The molecule has 3 rings (SSSR count). The summed E-state index contributed by atoms with van der Waals surface area (Å²) in [5.74, 6) is -2.70. The molecular weight excluding hydrogens is 353 g/mol. The molecule has 1 saturated carbocycles. The van der Waals surface area contributed by atoms with Gasteiger partial charge in [0, 0.05) is 23.2 Å². The van der Waals surface area contributed by atoms with Crippen molar-refractivity contribution in [2.45, 2.75) is 25.4 Å². The number of rotatable bonds is 6. The van der Waals surface area contributed by atoms with E-state index in [2.05, 4.69) is 5.32 Å². The third-order valence-electron chi connectivity index (χ3n) is 4.06.